The monoisotopic (exact) mass is 300 g/mol. The van der Waals surface area contributed by atoms with Crippen LogP contribution in [0, 0.1) is 11.3 Å². The Hall–Kier alpha value is -2.88. The van der Waals surface area contributed by atoms with Crippen molar-refractivity contribution in [3.05, 3.63) is 35.4 Å². The average molecular weight is 300 g/mol. The quantitative estimate of drug-likeness (QED) is 0.668. The fourth-order valence-electron chi connectivity index (χ4n) is 2.26. The van der Waals surface area contributed by atoms with E-state index in [1.165, 1.54) is 0 Å². The maximum atomic E-state index is 12.0. The average Bonchev–Trinajstić information content (AvgIpc) is 2.94. The summed E-state index contributed by atoms with van der Waals surface area (Å²) in [6.45, 7) is 0. The molecule has 3 amide bonds. The van der Waals surface area contributed by atoms with Gasteiger partial charge in [0.2, 0.25) is 17.7 Å². The van der Waals surface area contributed by atoms with Gasteiger partial charge in [0.25, 0.3) is 0 Å². The number of nitriles is 1. The van der Waals surface area contributed by atoms with Crippen LogP contribution in [0.4, 0.5) is 0 Å². The van der Waals surface area contributed by atoms with Gasteiger partial charge < -0.3 is 16.4 Å². The molecule has 114 valence electrons. The van der Waals surface area contributed by atoms with Crippen LogP contribution in [0.3, 0.4) is 0 Å². The first-order valence-electron chi connectivity index (χ1n) is 6.87. The zero-order valence-corrected chi connectivity index (χ0v) is 11.8. The van der Waals surface area contributed by atoms with E-state index >= 15 is 0 Å². The molecular formula is C15H16N4O3. The van der Waals surface area contributed by atoms with Gasteiger partial charge in [0.15, 0.2) is 0 Å². The predicted octanol–water partition coefficient (Wildman–Crippen LogP) is -0.651. The van der Waals surface area contributed by atoms with Crippen molar-refractivity contribution in [1.82, 2.24) is 10.6 Å². The minimum Gasteiger partial charge on any atom is -0.368 e. The molecule has 0 radical (unpaired) electrons. The van der Waals surface area contributed by atoms with Crippen LogP contribution in [0.25, 0.3) is 0 Å². The van der Waals surface area contributed by atoms with E-state index in [1.54, 1.807) is 24.3 Å². The Kier molecular flexibility index (Phi) is 4.73. The lowest BCUT2D eigenvalue weighted by Gasteiger charge is -2.18. The van der Waals surface area contributed by atoms with Crippen LogP contribution in [0.15, 0.2) is 24.3 Å². The van der Waals surface area contributed by atoms with E-state index in [2.05, 4.69) is 10.6 Å². The minimum atomic E-state index is -0.863. The van der Waals surface area contributed by atoms with Crippen LogP contribution >= 0.6 is 0 Å². The molecule has 1 heterocycles. The highest BCUT2D eigenvalue weighted by molar-refractivity contribution is 5.93. The summed E-state index contributed by atoms with van der Waals surface area (Å²) >= 11 is 0. The summed E-state index contributed by atoms with van der Waals surface area (Å²) < 4.78 is 0. The van der Waals surface area contributed by atoms with Gasteiger partial charge in [-0.15, -0.1) is 0 Å². The summed E-state index contributed by atoms with van der Waals surface area (Å²) in [6, 6.07) is 7.20. The Bertz CT molecular complexity index is 633. The molecule has 22 heavy (non-hydrogen) atoms. The predicted molar refractivity (Wildman–Crippen MR) is 77.2 cm³/mol. The van der Waals surface area contributed by atoms with Gasteiger partial charge in [-0.2, -0.15) is 5.26 Å². The summed E-state index contributed by atoms with van der Waals surface area (Å²) in [5, 5.41) is 13.8. The third-order valence-corrected chi connectivity index (χ3v) is 3.49. The number of nitrogens with two attached hydrogens (primary N) is 1. The molecule has 1 aliphatic heterocycles. The number of rotatable bonds is 5. The van der Waals surface area contributed by atoms with E-state index in [9.17, 15) is 14.4 Å². The van der Waals surface area contributed by atoms with Crippen LogP contribution in [0.5, 0.6) is 0 Å². The van der Waals surface area contributed by atoms with E-state index in [0.29, 0.717) is 18.4 Å². The highest BCUT2D eigenvalue weighted by Crippen LogP contribution is 2.09. The normalized spacial score (nSPS) is 18.1. The Balaban J connectivity index is 2.00. The third-order valence-electron chi connectivity index (χ3n) is 3.49. The summed E-state index contributed by atoms with van der Waals surface area (Å²) in [5.74, 6) is -1.24. The van der Waals surface area contributed by atoms with Crippen molar-refractivity contribution in [2.45, 2.75) is 31.3 Å². The number of amides is 3. The number of nitrogens with zero attached hydrogens (tertiary/aromatic N) is 1. The number of primary amides is 1. The van der Waals surface area contributed by atoms with Gasteiger partial charge in [0.05, 0.1) is 11.6 Å². The molecule has 0 saturated carbocycles. The third kappa shape index (κ3) is 3.82. The van der Waals surface area contributed by atoms with Gasteiger partial charge in [0, 0.05) is 12.8 Å². The fourth-order valence-corrected chi connectivity index (χ4v) is 2.26. The lowest BCUT2D eigenvalue weighted by molar-refractivity contribution is -0.129. The maximum Gasteiger partial charge on any atom is 0.243 e. The molecule has 2 rings (SSSR count). The molecule has 7 heteroatoms. The summed E-state index contributed by atoms with van der Waals surface area (Å²) in [4.78, 5) is 34.6. The lowest BCUT2D eigenvalue weighted by atomic mass is 10.0. The molecule has 4 N–H and O–H groups in total. The van der Waals surface area contributed by atoms with Crippen LogP contribution in [0.1, 0.15) is 24.0 Å². The summed E-state index contributed by atoms with van der Waals surface area (Å²) in [6.07, 6.45) is 0.940. The molecule has 7 nitrogen and oxygen atoms in total. The van der Waals surface area contributed by atoms with Crippen LogP contribution in [-0.4, -0.2) is 29.8 Å². The van der Waals surface area contributed by atoms with Crippen molar-refractivity contribution < 1.29 is 14.4 Å². The first kappa shape index (κ1) is 15.5. The largest absolute Gasteiger partial charge is 0.368 e. The number of hydrogen-bond donors (Lipinski definition) is 3. The number of hydrogen-bond acceptors (Lipinski definition) is 4. The molecule has 0 aromatic heterocycles. The molecule has 1 aliphatic rings. The Morgan fingerprint density at radius 3 is 2.59 bits per heavy atom. The first-order valence-corrected chi connectivity index (χ1v) is 6.87. The molecule has 0 unspecified atom stereocenters. The Labute approximate surface area is 127 Å². The SMILES string of the molecule is N#Cc1ccc(C[C@@H](NC(=O)[C@H]2CCC(=O)N2)C(N)=O)cc1. The summed E-state index contributed by atoms with van der Waals surface area (Å²) in [7, 11) is 0. The van der Waals surface area contributed by atoms with E-state index in [1.807, 2.05) is 6.07 Å². The second-order valence-corrected chi connectivity index (χ2v) is 5.14. The van der Waals surface area contributed by atoms with Gasteiger partial charge in [-0.1, -0.05) is 12.1 Å². The molecular weight excluding hydrogens is 284 g/mol. The molecule has 1 aromatic carbocycles. The van der Waals surface area contributed by atoms with Gasteiger partial charge in [0.1, 0.15) is 12.1 Å². The molecule has 0 spiro atoms. The molecule has 1 saturated heterocycles. The second kappa shape index (κ2) is 6.72. The highest BCUT2D eigenvalue weighted by atomic mass is 16.2. The smallest absolute Gasteiger partial charge is 0.243 e. The zero-order chi connectivity index (χ0) is 16.1. The van der Waals surface area contributed by atoms with E-state index < -0.39 is 23.9 Å². The molecule has 1 fully saturated rings. The van der Waals surface area contributed by atoms with Crippen molar-refractivity contribution in [3.8, 4) is 6.07 Å². The van der Waals surface area contributed by atoms with E-state index in [-0.39, 0.29) is 12.3 Å². The van der Waals surface area contributed by atoms with Crippen molar-refractivity contribution >= 4 is 17.7 Å². The Morgan fingerprint density at radius 2 is 2.09 bits per heavy atom. The number of benzene rings is 1. The lowest BCUT2D eigenvalue weighted by Crippen LogP contribution is -2.51. The summed E-state index contributed by atoms with van der Waals surface area (Å²) in [5.41, 5.74) is 6.61. The van der Waals surface area contributed by atoms with Crippen molar-refractivity contribution in [2.75, 3.05) is 0 Å². The molecule has 2 atom stereocenters. The molecule has 0 bridgehead atoms. The van der Waals surface area contributed by atoms with Crippen molar-refractivity contribution in [3.63, 3.8) is 0 Å². The van der Waals surface area contributed by atoms with Gasteiger partial charge in [-0.3, -0.25) is 14.4 Å². The van der Waals surface area contributed by atoms with Crippen LogP contribution in [0.2, 0.25) is 0 Å². The number of carbonyl (C=O) groups is 3. The zero-order valence-electron chi connectivity index (χ0n) is 11.8. The Morgan fingerprint density at radius 1 is 1.41 bits per heavy atom. The van der Waals surface area contributed by atoms with Crippen LogP contribution < -0.4 is 16.4 Å². The highest BCUT2D eigenvalue weighted by Gasteiger charge is 2.29. The standard InChI is InChI=1S/C15H16N4O3/c16-8-10-3-1-9(2-4-10)7-12(14(17)21)19-15(22)11-5-6-13(20)18-11/h1-4,11-12H,5-7H2,(H2,17,21)(H,18,20)(H,19,22)/t11-,12-/m1/s1. The fraction of sp³-hybridized carbons (Fsp3) is 0.333. The number of carbonyl (C=O) groups excluding carboxylic acids is 3. The maximum absolute atomic E-state index is 12.0. The van der Waals surface area contributed by atoms with Crippen molar-refractivity contribution in [1.29, 1.82) is 5.26 Å². The molecule has 1 aromatic rings. The van der Waals surface area contributed by atoms with Gasteiger partial charge in [-0.05, 0) is 24.1 Å². The van der Waals surface area contributed by atoms with Crippen molar-refractivity contribution in [2.24, 2.45) is 5.73 Å². The van der Waals surface area contributed by atoms with Gasteiger partial charge in [-0.25, -0.2) is 0 Å². The first-order chi connectivity index (χ1) is 10.5. The molecule has 0 aliphatic carbocycles. The number of nitrogens with one attached hydrogen (secondary N) is 2. The van der Waals surface area contributed by atoms with E-state index in [4.69, 9.17) is 11.0 Å². The van der Waals surface area contributed by atoms with Gasteiger partial charge >= 0.3 is 0 Å². The topological polar surface area (TPSA) is 125 Å². The second-order valence-electron chi connectivity index (χ2n) is 5.14. The van der Waals surface area contributed by atoms with Crippen LogP contribution in [-0.2, 0) is 20.8 Å². The van der Waals surface area contributed by atoms with E-state index in [0.717, 1.165) is 5.56 Å². The minimum absolute atomic E-state index is 0.178.